The van der Waals surface area contributed by atoms with Crippen LogP contribution in [0.1, 0.15) is 23.4 Å². The molecule has 0 spiro atoms. The van der Waals surface area contributed by atoms with Crippen LogP contribution in [0.15, 0.2) is 35.8 Å². The minimum absolute atomic E-state index is 0.0993. The molecule has 2 aromatic rings. The Hall–Kier alpha value is -2.08. The van der Waals surface area contributed by atoms with Crippen LogP contribution in [0.3, 0.4) is 0 Å². The predicted molar refractivity (Wildman–Crippen MR) is 93.9 cm³/mol. The number of benzene rings is 1. The zero-order valence-electron chi connectivity index (χ0n) is 13.3. The summed E-state index contributed by atoms with van der Waals surface area (Å²) < 4.78 is 0. The van der Waals surface area contributed by atoms with Crippen molar-refractivity contribution >= 4 is 23.1 Å². The number of nitrogens with one attached hydrogen (secondary N) is 2. The average molecular weight is 330 g/mol. The van der Waals surface area contributed by atoms with Gasteiger partial charge in [-0.15, -0.1) is 11.3 Å². The number of urea groups is 1. The summed E-state index contributed by atoms with van der Waals surface area (Å²) in [6.45, 7) is 4.41. The standard InChI is InChI=1S/C17H22N4OS/c1-13-16(23-12-19-13)10-18-17(22)20-14-6-5-9-21(11-14)15-7-3-2-4-8-15/h2-4,7-8,12,14H,5-6,9-11H2,1H3,(H2,18,20,22)/t14-/m0/s1. The normalized spacial score (nSPS) is 17.8. The van der Waals surface area contributed by atoms with E-state index in [9.17, 15) is 4.79 Å². The molecule has 23 heavy (non-hydrogen) atoms. The summed E-state index contributed by atoms with van der Waals surface area (Å²) in [5, 5.41) is 6.02. The number of hydrogen-bond donors (Lipinski definition) is 2. The molecule has 1 aromatic heterocycles. The summed E-state index contributed by atoms with van der Waals surface area (Å²) >= 11 is 1.57. The number of carbonyl (C=O) groups is 1. The lowest BCUT2D eigenvalue weighted by Crippen LogP contribution is -2.50. The van der Waals surface area contributed by atoms with Crippen LogP contribution in [0, 0.1) is 6.92 Å². The largest absolute Gasteiger partial charge is 0.369 e. The van der Waals surface area contributed by atoms with Crippen molar-refractivity contribution in [1.29, 1.82) is 0 Å². The number of amides is 2. The van der Waals surface area contributed by atoms with Gasteiger partial charge in [-0.3, -0.25) is 0 Å². The van der Waals surface area contributed by atoms with Crippen molar-refractivity contribution in [2.75, 3.05) is 18.0 Å². The van der Waals surface area contributed by atoms with E-state index in [2.05, 4.69) is 44.8 Å². The van der Waals surface area contributed by atoms with Crippen LogP contribution in [0.4, 0.5) is 10.5 Å². The van der Waals surface area contributed by atoms with Gasteiger partial charge < -0.3 is 15.5 Å². The number of hydrogen-bond acceptors (Lipinski definition) is 4. The lowest BCUT2D eigenvalue weighted by Gasteiger charge is -2.34. The van der Waals surface area contributed by atoms with Gasteiger partial charge in [0, 0.05) is 29.7 Å². The van der Waals surface area contributed by atoms with Gasteiger partial charge in [-0.2, -0.15) is 0 Å². The van der Waals surface area contributed by atoms with Crippen molar-refractivity contribution in [2.24, 2.45) is 0 Å². The Bertz CT molecular complexity index is 643. The van der Waals surface area contributed by atoms with E-state index >= 15 is 0 Å². The van der Waals surface area contributed by atoms with Gasteiger partial charge in [0.2, 0.25) is 0 Å². The number of carbonyl (C=O) groups excluding carboxylic acids is 1. The first-order chi connectivity index (χ1) is 11.2. The molecule has 3 rings (SSSR count). The molecule has 2 N–H and O–H groups in total. The smallest absolute Gasteiger partial charge is 0.315 e. The number of nitrogens with zero attached hydrogens (tertiary/aromatic N) is 2. The Morgan fingerprint density at radius 3 is 2.96 bits per heavy atom. The van der Waals surface area contributed by atoms with E-state index in [4.69, 9.17) is 0 Å². The highest BCUT2D eigenvalue weighted by atomic mass is 32.1. The Morgan fingerprint density at radius 2 is 2.22 bits per heavy atom. The molecule has 122 valence electrons. The molecule has 0 bridgehead atoms. The maximum absolute atomic E-state index is 12.1. The van der Waals surface area contributed by atoms with Crippen molar-refractivity contribution in [1.82, 2.24) is 15.6 Å². The quantitative estimate of drug-likeness (QED) is 0.906. The third-order valence-corrected chi connectivity index (χ3v) is 5.07. The van der Waals surface area contributed by atoms with E-state index in [-0.39, 0.29) is 12.1 Å². The van der Waals surface area contributed by atoms with E-state index in [1.807, 2.05) is 18.5 Å². The summed E-state index contributed by atoms with van der Waals surface area (Å²) in [6, 6.07) is 10.5. The average Bonchev–Trinajstić information content (AvgIpc) is 2.99. The van der Waals surface area contributed by atoms with Gasteiger partial charge in [-0.05, 0) is 31.9 Å². The Balaban J connectivity index is 1.49. The third-order valence-electron chi connectivity index (χ3n) is 4.13. The SMILES string of the molecule is Cc1ncsc1CNC(=O)N[C@H]1CCCN(c2ccccc2)C1. The van der Waals surface area contributed by atoms with E-state index in [1.54, 1.807) is 11.3 Å². The highest BCUT2D eigenvalue weighted by Gasteiger charge is 2.21. The lowest BCUT2D eigenvalue weighted by molar-refractivity contribution is 0.234. The molecule has 1 saturated heterocycles. The molecule has 0 saturated carbocycles. The minimum atomic E-state index is -0.0993. The fourth-order valence-corrected chi connectivity index (χ4v) is 3.58. The van der Waals surface area contributed by atoms with E-state index < -0.39 is 0 Å². The molecule has 0 radical (unpaired) electrons. The molecule has 1 aliphatic heterocycles. The molecule has 5 nitrogen and oxygen atoms in total. The summed E-state index contributed by atoms with van der Waals surface area (Å²) in [6.07, 6.45) is 2.12. The number of para-hydroxylation sites is 1. The van der Waals surface area contributed by atoms with Crippen LogP contribution in [-0.4, -0.2) is 30.1 Å². The third kappa shape index (κ3) is 4.22. The van der Waals surface area contributed by atoms with Crippen LogP contribution >= 0.6 is 11.3 Å². The number of anilines is 1. The van der Waals surface area contributed by atoms with Crippen LogP contribution in [-0.2, 0) is 6.54 Å². The molecule has 1 atom stereocenters. The van der Waals surface area contributed by atoms with Crippen LogP contribution in [0.25, 0.3) is 0 Å². The summed E-state index contributed by atoms with van der Waals surface area (Å²) in [4.78, 5) is 19.7. The van der Waals surface area contributed by atoms with Crippen LogP contribution in [0.2, 0.25) is 0 Å². The molecule has 2 heterocycles. The van der Waals surface area contributed by atoms with E-state index in [0.29, 0.717) is 6.54 Å². The second-order valence-electron chi connectivity index (χ2n) is 5.81. The maximum atomic E-state index is 12.1. The van der Waals surface area contributed by atoms with Gasteiger partial charge in [0.05, 0.1) is 17.7 Å². The number of rotatable bonds is 4. The first kappa shape index (κ1) is 15.8. The molecule has 1 aliphatic rings. The van der Waals surface area contributed by atoms with Gasteiger partial charge >= 0.3 is 6.03 Å². The molecule has 0 unspecified atom stereocenters. The lowest BCUT2D eigenvalue weighted by atomic mass is 10.1. The minimum Gasteiger partial charge on any atom is -0.369 e. The number of aryl methyl sites for hydroxylation is 1. The molecule has 0 aliphatic carbocycles. The highest BCUT2D eigenvalue weighted by molar-refractivity contribution is 7.09. The van der Waals surface area contributed by atoms with E-state index in [1.165, 1.54) is 5.69 Å². The molecule has 1 aromatic carbocycles. The van der Waals surface area contributed by atoms with Crippen LogP contribution in [0.5, 0.6) is 0 Å². The first-order valence-electron chi connectivity index (χ1n) is 7.95. The number of piperidine rings is 1. The molecule has 2 amide bonds. The fourth-order valence-electron chi connectivity index (χ4n) is 2.86. The van der Waals surface area contributed by atoms with Crippen molar-refractivity contribution < 1.29 is 4.79 Å². The zero-order chi connectivity index (χ0) is 16.1. The van der Waals surface area contributed by atoms with Crippen molar-refractivity contribution in [2.45, 2.75) is 32.4 Å². The highest BCUT2D eigenvalue weighted by Crippen LogP contribution is 2.19. The number of thiazole rings is 1. The molecular weight excluding hydrogens is 308 g/mol. The summed E-state index contributed by atoms with van der Waals surface area (Å²) in [7, 11) is 0. The van der Waals surface area contributed by atoms with Crippen molar-refractivity contribution in [3.05, 3.63) is 46.4 Å². The summed E-state index contributed by atoms with van der Waals surface area (Å²) in [5.41, 5.74) is 4.02. The maximum Gasteiger partial charge on any atom is 0.315 e. The van der Waals surface area contributed by atoms with Crippen molar-refractivity contribution in [3.63, 3.8) is 0 Å². The molecule has 6 heteroatoms. The van der Waals surface area contributed by atoms with Crippen LogP contribution < -0.4 is 15.5 Å². The van der Waals surface area contributed by atoms with Gasteiger partial charge in [0.1, 0.15) is 0 Å². The fraction of sp³-hybridized carbons (Fsp3) is 0.412. The summed E-state index contributed by atoms with van der Waals surface area (Å²) in [5.74, 6) is 0. The Morgan fingerprint density at radius 1 is 1.39 bits per heavy atom. The van der Waals surface area contributed by atoms with E-state index in [0.717, 1.165) is 36.5 Å². The number of aromatic nitrogens is 1. The van der Waals surface area contributed by atoms with Gasteiger partial charge in [0.25, 0.3) is 0 Å². The second-order valence-corrected chi connectivity index (χ2v) is 6.75. The molecular formula is C17H22N4OS. The van der Waals surface area contributed by atoms with Crippen molar-refractivity contribution in [3.8, 4) is 0 Å². The topological polar surface area (TPSA) is 57.3 Å². The van der Waals surface area contributed by atoms with Gasteiger partial charge in [-0.25, -0.2) is 9.78 Å². The predicted octanol–water partition coefficient (Wildman–Crippen LogP) is 2.92. The Kier molecular flexibility index (Phi) is 5.12. The first-order valence-corrected chi connectivity index (χ1v) is 8.83. The van der Waals surface area contributed by atoms with Gasteiger partial charge in [0.15, 0.2) is 0 Å². The van der Waals surface area contributed by atoms with Gasteiger partial charge in [-0.1, -0.05) is 18.2 Å². The Labute approximate surface area is 140 Å². The zero-order valence-corrected chi connectivity index (χ0v) is 14.1. The monoisotopic (exact) mass is 330 g/mol. The second kappa shape index (κ2) is 7.46. The molecule has 1 fully saturated rings.